The number of nitrogens with one attached hydrogen (secondary N) is 3. The molecular weight excluding hydrogens is 659 g/mol. The predicted molar refractivity (Wildman–Crippen MR) is 188 cm³/mol. The fourth-order valence-corrected chi connectivity index (χ4v) is 5.13. The average Bonchev–Trinajstić information content (AvgIpc) is 3.04. The van der Waals surface area contributed by atoms with Gasteiger partial charge in [0.1, 0.15) is 18.1 Å². The summed E-state index contributed by atoms with van der Waals surface area (Å²) in [5, 5.41) is 24.9. The molecule has 3 amide bonds. The number of carbonyl (C=O) groups is 5. The number of carboxylic acids is 2. The van der Waals surface area contributed by atoms with E-state index < -0.39 is 48.1 Å². The van der Waals surface area contributed by atoms with Crippen molar-refractivity contribution in [3.63, 3.8) is 0 Å². The van der Waals surface area contributed by atoms with Crippen LogP contribution < -0.4 is 27.4 Å². The van der Waals surface area contributed by atoms with E-state index in [9.17, 15) is 37.5 Å². The molecule has 0 aliphatic rings. The number of carbonyl (C=O) groups excluding carboxylic acids is 3. The Hall–Kier alpha value is -2.94. The molecule has 0 bridgehead atoms. The molecule has 9 N–H and O–H groups in total. The van der Waals surface area contributed by atoms with Gasteiger partial charge in [0.15, 0.2) is 0 Å². The summed E-state index contributed by atoms with van der Waals surface area (Å²) in [4.78, 5) is 59.5. The van der Waals surface area contributed by atoms with Gasteiger partial charge >= 0.3 is 18.1 Å². The Morgan fingerprint density at radius 2 is 1.02 bits per heavy atom. The molecule has 0 aromatic rings. The molecule has 294 valence electrons. The molecule has 0 aliphatic carbocycles. The number of carboxylic acid groups (broad SMARTS) is 2. The standard InChI is InChI=1S/C33H65N5O5.C2HF3O2/c1-4-5-6-7-8-9-10-11-12-13-14-15-16-23-29(39)36-27(21-17-19-24-34)31(40)38-30(26(2)3)32(41)37-28(33(42)43)22-18-20-25-35;3-2(4,5)1(6)7/h26-28,30H,4-25,34-35H2,1-3H3,(H,36,39)(H,37,41)(H,38,40)(H,42,43);(H,6,7)/t27-,28-,30-;/m0./s1. The number of unbranched alkanes of at least 4 members (excludes halogenated alkanes) is 14. The molecule has 0 radical (unpaired) electrons. The van der Waals surface area contributed by atoms with Crippen LogP contribution in [-0.4, -0.2) is 77.3 Å². The van der Waals surface area contributed by atoms with Gasteiger partial charge in [0.25, 0.3) is 0 Å². The zero-order valence-corrected chi connectivity index (χ0v) is 30.6. The van der Waals surface area contributed by atoms with Crippen LogP contribution in [-0.2, 0) is 24.0 Å². The van der Waals surface area contributed by atoms with Gasteiger partial charge in [-0.1, -0.05) is 97.8 Å². The van der Waals surface area contributed by atoms with Crippen molar-refractivity contribution in [2.75, 3.05) is 13.1 Å². The lowest BCUT2D eigenvalue weighted by Gasteiger charge is -2.26. The van der Waals surface area contributed by atoms with Crippen LogP contribution in [0.1, 0.15) is 149 Å². The molecule has 15 heteroatoms. The van der Waals surface area contributed by atoms with Gasteiger partial charge < -0.3 is 37.6 Å². The van der Waals surface area contributed by atoms with Crippen LogP contribution >= 0.6 is 0 Å². The molecule has 0 fully saturated rings. The average molecular weight is 726 g/mol. The monoisotopic (exact) mass is 725 g/mol. The third-order valence-corrected chi connectivity index (χ3v) is 8.16. The molecule has 0 saturated heterocycles. The highest BCUT2D eigenvalue weighted by atomic mass is 19.4. The van der Waals surface area contributed by atoms with Crippen molar-refractivity contribution in [3.8, 4) is 0 Å². The van der Waals surface area contributed by atoms with Crippen molar-refractivity contribution in [2.24, 2.45) is 17.4 Å². The van der Waals surface area contributed by atoms with Crippen molar-refractivity contribution in [1.29, 1.82) is 0 Å². The second-order valence-electron chi connectivity index (χ2n) is 13.1. The Labute approximate surface area is 296 Å². The topological polar surface area (TPSA) is 214 Å². The van der Waals surface area contributed by atoms with Gasteiger partial charge in [0.2, 0.25) is 17.7 Å². The van der Waals surface area contributed by atoms with E-state index in [0.717, 1.165) is 25.7 Å². The maximum absolute atomic E-state index is 13.2. The molecule has 3 atom stereocenters. The summed E-state index contributed by atoms with van der Waals surface area (Å²) in [7, 11) is 0. The van der Waals surface area contributed by atoms with E-state index >= 15 is 0 Å². The fourth-order valence-electron chi connectivity index (χ4n) is 5.13. The smallest absolute Gasteiger partial charge is 0.480 e. The van der Waals surface area contributed by atoms with Gasteiger partial charge in [-0.2, -0.15) is 13.2 Å². The highest BCUT2D eigenvalue weighted by molar-refractivity contribution is 5.93. The number of aliphatic carboxylic acids is 2. The Morgan fingerprint density at radius 1 is 0.600 bits per heavy atom. The lowest BCUT2D eigenvalue weighted by Crippen LogP contribution is -2.57. The number of nitrogens with two attached hydrogens (primary N) is 2. The van der Waals surface area contributed by atoms with Crippen LogP contribution in [0, 0.1) is 5.92 Å². The number of halogens is 3. The molecular formula is C35H66F3N5O7. The van der Waals surface area contributed by atoms with E-state index in [1.54, 1.807) is 13.8 Å². The largest absolute Gasteiger partial charge is 0.490 e. The Balaban J connectivity index is 0. The summed E-state index contributed by atoms with van der Waals surface area (Å²) in [5.41, 5.74) is 11.1. The normalized spacial score (nSPS) is 13.1. The third-order valence-electron chi connectivity index (χ3n) is 8.16. The lowest BCUT2D eigenvalue weighted by atomic mass is 10.0. The first-order valence-electron chi connectivity index (χ1n) is 18.4. The molecule has 0 spiro atoms. The van der Waals surface area contributed by atoms with E-state index in [-0.39, 0.29) is 18.2 Å². The van der Waals surface area contributed by atoms with Crippen LogP contribution in [0.25, 0.3) is 0 Å². The van der Waals surface area contributed by atoms with Crippen molar-refractivity contribution in [3.05, 3.63) is 0 Å². The number of rotatable bonds is 29. The van der Waals surface area contributed by atoms with Crippen LogP contribution in [0.3, 0.4) is 0 Å². The third kappa shape index (κ3) is 27.8. The summed E-state index contributed by atoms with van der Waals surface area (Å²) >= 11 is 0. The van der Waals surface area contributed by atoms with E-state index in [1.165, 1.54) is 64.2 Å². The van der Waals surface area contributed by atoms with E-state index in [1.807, 2.05) is 0 Å². The lowest BCUT2D eigenvalue weighted by molar-refractivity contribution is -0.192. The van der Waals surface area contributed by atoms with Crippen molar-refractivity contribution < 1.29 is 47.4 Å². The minimum atomic E-state index is -5.08. The van der Waals surface area contributed by atoms with E-state index in [0.29, 0.717) is 45.2 Å². The maximum Gasteiger partial charge on any atom is 0.490 e. The minimum Gasteiger partial charge on any atom is -0.480 e. The van der Waals surface area contributed by atoms with Gasteiger partial charge in [-0.25, -0.2) is 9.59 Å². The number of hydrogen-bond acceptors (Lipinski definition) is 7. The summed E-state index contributed by atoms with van der Waals surface area (Å²) in [6.45, 7) is 6.74. The number of hydrogen-bond donors (Lipinski definition) is 7. The molecule has 12 nitrogen and oxygen atoms in total. The van der Waals surface area contributed by atoms with E-state index in [4.69, 9.17) is 21.4 Å². The maximum atomic E-state index is 13.2. The summed E-state index contributed by atoms with van der Waals surface area (Å²) in [6, 6.07) is -2.77. The second-order valence-corrected chi connectivity index (χ2v) is 13.1. The Morgan fingerprint density at radius 3 is 1.40 bits per heavy atom. The van der Waals surface area contributed by atoms with Crippen molar-refractivity contribution in [2.45, 2.75) is 173 Å². The summed E-state index contributed by atoms with van der Waals surface area (Å²) < 4.78 is 31.7. The zero-order chi connectivity index (χ0) is 38.4. The van der Waals surface area contributed by atoms with Gasteiger partial charge in [-0.15, -0.1) is 0 Å². The van der Waals surface area contributed by atoms with Crippen molar-refractivity contribution in [1.82, 2.24) is 16.0 Å². The van der Waals surface area contributed by atoms with E-state index in [2.05, 4.69) is 22.9 Å². The van der Waals surface area contributed by atoms with Gasteiger partial charge in [0, 0.05) is 6.42 Å². The number of alkyl halides is 3. The van der Waals surface area contributed by atoms with Crippen LogP contribution in [0.15, 0.2) is 0 Å². The SMILES string of the molecule is CCCCCCCCCCCCCCCC(=O)N[C@@H](CCCCN)C(=O)N[C@H](C(=O)N[C@@H](CCCCN)C(=O)O)C(C)C.O=C(O)C(F)(F)F. The molecule has 0 rings (SSSR count). The van der Waals surface area contributed by atoms with Crippen LogP contribution in [0.5, 0.6) is 0 Å². The summed E-state index contributed by atoms with van der Waals surface area (Å²) in [6.07, 6.45) is 14.5. The van der Waals surface area contributed by atoms with Gasteiger partial charge in [-0.05, 0) is 64.0 Å². The Kier molecular flexibility index (Phi) is 30.3. The highest BCUT2D eigenvalue weighted by Gasteiger charge is 2.38. The second kappa shape index (κ2) is 30.8. The molecule has 0 saturated carbocycles. The molecule has 0 aromatic heterocycles. The zero-order valence-electron chi connectivity index (χ0n) is 30.6. The number of amides is 3. The molecule has 0 unspecified atom stereocenters. The van der Waals surface area contributed by atoms with Crippen LogP contribution in [0.2, 0.25) is 0 Å². The fraction of sp³-hybridized carbons (Fsp3) is 0.857. The first-order chi connectivity index (χ1) is 23.6. The van der Waals surface area contributed by atoms with Crippen LogP contribution in [0.4, 0.5) is 13.2 Å². The quantitative estimate of drug-likeness (QED) is 0.0481. The first kappa shape index (κ1) is 49.2. The first-order valence-corrected chi connectivity index (χ1v) is 18.4. The molecule has 0 aromatic carbocycles. The van der Waals surface area contributed by atoms with Crippen molar-refractivity contribution >= 4 is 29.7 Å². The predicted octanol–water partition coefficient (Wildman–Crippen LogP) is 5.55. The summed E-state index contributed by atoms with van der Waals surface area (Å²) in [5.74, 6) is -5.34. The molecule has 0 aliphatic heterocycles. The highest BCUT2D eigenvalue weighted by Crippen LogP contribution is 2.14. The Bertz CT molecular complexity index is 939. The molecule has 0 heterocycles. The minimum absolute atomic E-state index is 0.174. The van der Waals surface area contributed by atoms with Gasteiger partial charge in [0.05, 0.1) is 0 Å². The van der Waals surface area contributed by atoms with Gasteiger partial charge in [-0.3, -0.25) is 14.4 Å². The molecule has 50 heavy (non-hydrogen) atoms.